The van der Waals surface area contributed by atoms with Crippen molar-refractivity contribution in [3.63, 3.8) is 0 Å². The van der Waals surface area contributed by atoms with Crippen LogP contribution in [0.2, 0.25) is 0 Å². The Morgan fingerprint density at radius 2 is 1.29 bits per heavy atom. The molecular weight excluding hydrogens is 259 g/mol. The summed E-state index contributed by atoms with van der Waals surface area (Å²) in [6.07, 6.45) is -8.28. The summed E-state index contributed by atoms with van der Waals surface area (Å²) in [5.41, 5.74) is 0. The zero-order chi connectivity index (χ0) is 13.5. The Hall–Kier alpha value is -1.25. The SMILES string of the molecule is OC(n1cccc1)C(F)(F)C(F)(F)C(F)(F)F. The van der Waals surface area contributed by atoms with Crippen molar-refractivity contribution in [2.24, 2.45) is 0 Å². The highest BCUT2D eigenvalue weighted by Gasteiger charge is 2.75. The van der Waals surface area contributed by atoms with Crippen LogP contribution in [0.15, 0.2) is 24.5 Å². The van der Waals surface area contributed by atoms with Gasteiger partial charge in [0.05, 0.1) is 0 Å². The lowest BCUT2D eigenvalue weighted by molar-refractivity contribution is -0.379. The number of aliphatic hydroxyl groups is 1. The van der Waals surface area contributed by atoms with Crippen molar-refractivity contribution in [2.75, 3.05) is 0 Å². The van der Waals surface area contributed by atoms with E-state index in [1.165, 1.54) is 0 Å². The molecule has 0 aliphatic carbocycles. The molecule has 1 atom stereocenters. The van der Waals surface area contributed by atoms with Gasteiger partial charge in [-0.15, -0.1) is 0 Å². The summed E-state index contributed by atoms with van der Waals surface area (Å²) in [5.74, 6) is -12.0. The first-order valence-corrected chi connectivity index (χ1v) is 4.14. The molecule has 0 bridgehead atoms. The maximum atomic E-state index is 12.9. The molecule has 1 aromatic heterocycles. The first-order valence-electron chi connectivity index (χ1n) is 4.14. The van der Waals surface area contributed by atoms with Gasteiger partial charge in [-0.05, 0) is 12.1 Å². The second kappa shape index (κ2) is 3.90. The molecule has 0 amide bonds. The average Bonchev–Trinajstić information content (AvgIpc) is 2.66. The predicted octanol–water partition coefficient (Wildman–Crippen LogP) is 2.81. The smallest absolute Gasteiger partial charge is 0.368 e. The van der Waals surface area contributed by atoms with Crippen LogP contribution in [0.1, 0.15) is 6.23 Å². The van der Waals surface area contributed by atoms with Gasteiger partial charge in [-0.2, -0.15) is 30.7 Å². The van der Waals surface area contributed by atoms with Crippen LogP contribution in [0.3, 0.4) is 0 Å². The van der Waals surface area contributed by atoms with Crippen LogP contribution >= 0.6 is 0 Å². The predicted molar refractivity (Wildman–Crippen MR) is 41.6 cm³/mol. The van der Waals surface area contributed by atoms with Crippen LogP contribution in [0.4, 0.5) is 30.7 Å². The fraction of sp³-hybridized carbons (Fsp3) is 0.500. The molecule has 2 nitrogen and oxygen atoms in total. The number of hydrogen-bond donors (Lipinski definition) is 1. The molecule has 1 N–H and O–H groups in total. The Labute approximate surface area is 90.3 Å². The molecule has 0 aromatic carbocycles. The van der Waals surface area contributed by atoms with Crippen molar-refractivity contribution in [3.05, 3.63) is 24.5 Å². The molecule has 0 aliphatic heterocycles. The van der Waals surface area contributed by atoms with Gasteiger partial charge in [0.25, 0.3) is 0 Å². The third-order valence-corrected chi connectivity index (χ3v) is 2.01. The first kappa shape index (κ1) is 13.8. The number of aliphatic hydroxyl groups excluding tert-OH is 1. The van der Waals surface area contributed by atoms with Crippen molar-refractivity contribution in [1.82, 2.24) is 4.57 Å². The van der Waals surface area contributed by atoms with E-state index >= 15 is 0 Å². The van der Waals surface area contributed by atoms with E-state index in [1.807, 2.05) is 0 Å². The molecule has 98 valence electrons. The van der Waals surface area contributed by atoms with Gasteiger partial charge >= 0.3 is 18.0 Å². The summed E-state index contributed by atoms with van der Waals surface area (Å²) in [7, 11) is 0. The van der Waals surface area contributed by atoms with Gasteiger partial charge in [-0.3, -0.25) is 0 Å². The summed E-state index contributed by atoms with van der Waals surface area (Å²) in [4.78, 5) is 0. The van der Waals surface area contributed by atoms with E-state index in [0.29, 0.717) is 0 Å². The van der Waals surface area contributed by atoms with Gasteiger partial charge in [0.2, 0.25) is 6.23 Å². The number of rotatable bonds is 3. The summed E-state index contributed by atoms with van der Waals surface area (Å²) < 4.78 is 86.3. The van der Waals surface area contributed by atoms with Crippen LogP contribution in [0.25, 0.3) is 0 Å². The van der Waals surface area contributed by atoms with Gasteiger partial charge in [-0.25, -0.2) is 0 Å². The lowest BCUT2D eigenvalue weighted by Crippen LogP contribution is -2.55. The molecule has 0 aliphatic rings. The minimum atomic E-state index is -6.45. The molecule has 9 heteroatoms. The fourth-order valence-corrected chi connectivity index (χ4v) is 1.05. The Kier molecular flexibility index (Phi) is 3.17. The third kappa shape index (κ3) is 2.11. The van der Waals surface area contributed by atoms with Crippen LogP contribution in [-0.2, 0) is 0 Å². The maximum Gasteiger partial charge on any atom is 0.460 e. The van der Waals surface area contributed by atoms with E-state index in [0.717, 1.165) is 24.5 Å². The Bertz CT molecular complexity index is 370. The molecule has 1 unspecified atom stereocenters. The third-order valence-electron chi connectivity index (χ3n) is 2.01. The molecule has 0 radical (unpaired) electrons. The molecule has 1 heterocycles. The number of halogens is 7. The van der Waals surface area contributed by atoms with Crippen LogP contribution in [0.5, 0.6) is 0 Å². The lowest BCUT2D eigenvalue weighted by atomic mass is 10.1. The maximum absolute atomic E-state index is 12.9. The Morgan fingerprint density at radius 1 is 0.882 bits per heavy atom. The molecule has 0 saturated carbocycles. The Balaban J connectivity index is 3.11. The number of nitrogens with zero attached hydrogens (tertiary/aromatic N) is 1. The topological polar surface area (TPSA) is 25.2 Å². The standard InChI is InChI=1S/C8H6F7NO/c9-6(10,7(11,12)8(13,14)15)5(17)16-3-1-2-4-16/h1-5,17H. The lowest BCUT2D eigenvalue weighted by Gasteiger charge is -2.31. The second-order valence-corrected chi connectivity index (χ2v) is 3.20. The summed E-state index contributed by atoms with van der Waals surface area (Å²) in [5, 5.41) is 8.87. The zero-order valence-electron chi connectivity index (χ0n) is 7.93. The Morgan fingerprint density at radius 3 is 1.65 bits per heavy atom. The van der Waals surface area contributed by atoms with Gasteiger partial charge in [0.1, 0.15) is 0 Å². The minimum Gasteiger partial charge on any atom is -0.368 e. The largest absolute Gasteiger partial charge is 0.460 e. The highest BCUT2D eigenvalue weighted by Crippen LogP contribution is 2.50. The second-order valence-electron chi connectivity index (χ2n) is 3.20. The zero-order valence-corrected chi connectivity index (χ0v) is 7.93. The highest BCUT2D eigenvalue weighted by molar-refractivity contribution is 4.99. The molecule has 1 aromatic rings. The fourth-order valence-electron chi connectivity index (χ4n) is 1.05. The van der Waals surface area contributed by atoms with E-state index in [1.54, 1.807) is 0 Å². The number of hydrogen-bond acceptors (Lipinski definition) is 1. The monoisotopic (exact) mass is 265 g/mol. The number of aromatic nitrogens is 1. The molecule has 0 saturated heterocycles. The van der Waals surface area contributed by atoms with Crippen LogP contribution < -0.4 is 0 Å². The minimum absolute atomic E-state index is 0.152. The normalized spacial score (nSPS) is 16.0. The molecule has 17 heavy (non-hydrogen) atoms. The van der Waals surface area contributed by atoms with Gasteiger partial charge in [0, 0.05) is 12.4 Å². The molecule has 0 fully saturated rings. The quantitative estimate of drug-likeness (QED) is 0.835. The first-order chi connectivity index (χ1) is 7.52. The summed E-state index contributed by atoms with van der Waals surface area (Å²) >= 11 is 0. The van der Waals surface area contributed by atoms with E-state index < -0.39 is 24.2 Å². The molecular formula is C8H6F7NO. The van der Waals surface area contributed by atoms with Gasteiger partial charge in [-0.1, -0.05) is 0 Å². The van der Waals surface area contributed by atoms with Crippen molar-refractivity contribution >= 4 is 0 Å². The average molecular weight is 265 g/mol. The van der Waals surface area contributed by atoms with Crippen LogP contribution in [-0.4, -0.2) is 27.7 Å². The summed E-state index contributed by atoms with van der Waals surface area (Å²) in [6.45, 7) is 0. The van der Waals surface area contributed by atoms with Crippen molar-refractivity contribution in [1.29, 1.82) is 0 Å². The molecule has 0 spiro atoms. The molecule has 1 rings (SSSR count). The van der Waals surface area contributed by atoms with Crippen molar-refractivity contribution in [2.45, 2.75) is 24.2 Å². The van der Waals surface area contributed by atoms with Crippen molar-refractivity contribution < 1.29 is 35.8 Å². The van der Waals surface area contributed by atoms with E-state index in [2.05, 4.69) is 0 Å². The number of alkyl halides is 7. The van der Waals surface area contributed by atoms with Crippen LogP contribution in [0, 0.1) is 0 Å². The van der Waals surface area contributed by atoms with Gasteiger partial charge in [0.15, 0.2) is 0 Å². The van der Waals surface area contributed by atoms with Gasteiger partial charge < -0.3 is 9.67 Å². The highest BCUT2D eigenvalue weighted by atomic mass is 19.4. The van der Waals surface area contributed by atoms with Crippen molar-refractivity contribution in [3.8, 4) is 0 Å². The van der Waals surface area contributed by atoms with E-state index in [9.17, 15) is 30.7 Å². The summed E-state index contributed by atoms with van der Waals surface area (Å²) in [6, 6.07) is 2.18. The van der Waals surface area contributed by atoms with E-state index in [-0.39, 0.29) is 4.57 Å². The van der Waals surface area contributed by atoms with E-state index in [4.69, 9.17) is 5.11 Å².